The molecule has 1 unspecified atom stereocenters. The molecule has 1 atom stereocenters. The summed E-state index contributed by atoms with van der Waals surface area (Å²) in [6.07, 6.45) is 1.40. The maximum Gasteiger partial charge on any atom is 0.194 e. The Balaban J connectivity index is 3.03. The topological polar surface area (TPSA) is 29.5 Å². The van der Waals surface area contributed by atoms with Crippen molar-refractivity contribution < 1.29 is 9.84 Å². The highest BCUT2D eigenvalue weighted by atomic mass is 16.6. The molecule has 0 aliphatic rings. The summed E-state index contributed by atoms with van der Waals surface area (Å²) < 4.78 is 5.21. The smallest absolute Gasteiger partial charge is 0.194 e. The van der Waals surface area contributed by atoms with Gasteiger partial charge in [0.25, 0.3) is 0 Å². The highest BCUT2D eigenvalue weighted by molar-refractivity contribution is 5.76. The molecule has 0 radical (unpaired) electrons. The fourth-order valence-electron chi connectivity index (χ4n) is 1.72. The van der Waals surface area contributed by atoms with Crippen LogP contribution in [0, 0.1) is 0 Å². The van der Waals surface area contributed by atoms with E-state index in [-0.39, 0.29) is 0 Å². The molecule has 1 aromatic rings. The first kappa shape index (κ1) is 14.5. The van der Waals surface area contributed by atoms with Gasteiger partial charge >= 0.3 is 0 Å². The molecule has 2 heteroatoms. The van der Waals surface area contributed by atoms with Crippen LogP contribution in [0.3, 0.4) is 0 Å². The van der Waals surface area contributed by atoms with Crippen molar-refractivity contribution in [2.24, 2.45) is 0 Å². The van der Waals surface area contributed by atoms with Crippen molar-refractivity contribution in [1.82, 2.24) is 0 Å². The summed E-state index contributed by atoms with van der Waals surface area (Å²) >= 11 is 0. The van der Waals surface area contributed by atoms with E-state index in [1.54, 1.807) is 6.92 Å². The molecule has 0 spiro atoms. The summed E-state index contributed by atoms with van der Waals surface area (Å²) in [4.78, 5) is 0. The van der Waals surface area contributed by atoms with Crippen LogP contribution < -0.4 is 4.74 Å². The molecule has 98 valence electrons. The van der Waals surface area contributed by atoms with Crippen LogP contribution in [-0.2, 0) is 0 Å². The van der Waals surface area contributed by atoms with Gasteiger partial charge in [-0.05, 0) is 57.9 Å². The van der Waals surface area contributed by atoms with E-state index in [1.165, 1.54) is 16.7 Å². The minimum atomic E-state index is -0.781. The van der Waals surface area contributed by atoms with Crippen LogP contribution in [-0.4, -0.2) is 11.4 Å². The third-order valence-corrected chi connectivity index (χ3v) is 2.44. The average Bonchev–Trinajstić information content (AvgIpc) is 2.26. The number of aliphatic hydroxyl groups is 1. The zero-order chi connectivity index (χ0) is 13.7. The molecule has 0 fully saturated rings. The highest BCUT2D eigenvalue weighted by Crippen LogP contribution is 2.24. The monoisotopic (exact) mass is 246 g/mol. The Bertz CT molecular complexity index is 442. The second-order valence-electron chi connectivity index (χ2n) is 4.88. The molecule has 1 aromatic carbocycles. The van der Waals surface area contributed by atoms with E-state index < -0.39 is 6.29 Å². The van der Waals surface area contributed by atoms with Gasteiger partial charge < -0.3 is 9.84 Å². The Morgan fingerprint density at radius 3 is 2.06 bits per heavy atom. The lowest BCUT2D eigenvalue weighted by Gasteiger charge is -2.11. The number of ether oxygens (including phenoxy) is 1. The lowest BCUT2D eigenvalue weighted by atomic mass is 9.99. The normalized spacial score (nSPS) is 11.7. The van der Waals surface area contributed by atoms with Gasteiger partial charge in [-0.2, -0.15) is 0 Å². The van der Waals surface area contributed by atoms with Crippen LogP contribution >= 0.6 is 0 Å². The van der Waals surface area contributed by atoms with E-state index in [2.05, 4.69) is 33.8 Å². The second kappa shape index (κ2) is 6.41. The second-order valence-corrected chi connectivity index (χ2v) is 4.88. The third kappa shape index (κ3) is 4.38. The van der Waals surface area contributed by atoms with Crippen molar-refractivity contribution in [3.05, 3.63) is 47.1 Å². The largest absolute Gasteiger partial charge is 0.465 e. The molecule has 18 heavy (non-hydrogen) atoms. The molecule has 1 N–H and O–H groups in total. The minimum Gasteiger partial charge on any atom is -0.465 e. The first-order chi connectivity index (χ1) is 8.40. The van der Waals surface area contributed by atoms with Gasteiger partial charge in [0.1, 0.15) is 5.75 Å². The summed E-state index contributed by atoms with van der Waals surface area (Å²) in [6.45, 7) is 9.99. The lowest BCUT2D eigenvalue weighted by Crippen LogP contribution is -2.09. The van der Waals surface area contributed by atoms with Gasteiger partial charge in [0.05, 0.1) is 0 Å². The predicted molar refractivity (Wildman–Crippen MR) is 76.4 cm³/mol. The molecule has 2 nitrogen and oxygen atoms in total. The number of aliphatic hydroxyl groups excluding tert-OH is 1. The van der Waals surface area contributed by atoms with Crippen LogP contribution in [0.4, 0.5) is 0 Å². The summed E-state index contributed by atoms with van der Waals surface area (Å²) in [6, 6.07) is 7.78. The molecule has 0 heterocycles. The molecule has 0 amide bonds. The van der Waals surface area contributed by atoms with E-state index in [0.717, 1.165) is 5.56 Å². The summed E-state index contributed by atoms with van der Waals surface area (Å²) in [7, 11) is 0. The van der Waals surface area contributed by atoms with Crippen molar-refractivity contribution in [2.45, 2.75) is 40.9 Å². The highest BCUT2D eigenvalue weighted by Gasteiger charge is 2.03. The van der Waals surface area contributed by atoms with Crippen LogP contribution in [0.5, 0.6) is 5.75 Å². The Morgan fingerprint density at radius 2 is 1.67 bits per heavy atom. The number of rotatable bonds is 4. The van der Waals surface area contributed by atoms with Crippen LogP contribution in [0.25, 0.3) is 5.57 Å². The molecule has 0 aliphatic heterocycles. The molecule has 0 bridgehead atoms. The fourth-order valence-corrected chi connectivity index (χ4v) is 1.72. The van der Waals surface area contributed by atoms with E-state index >= 15 is 0 Å². The van der Waals surface area contributed by atoms with Gasteiger partial charge in [-0.15, -0.1) is 0 Å². The molecule has 0 saturated carbocycles. The Hall–Kier alpha value is -1.54. The summed E-state index contributed by atoms with van der Waals surface area (Å²) in [5.41, 5.74) is 4.95. The molecule has 0 saturated heterocycles. The Labute approximate surface area is 110 Å². The first-order valence-corrected chi connectivity index (χ1v) is 6.17. The molecule has 0 aromatic heterocycles. The quantitative estimate of drug-likeness (QED) is 0.638. The lowest BCUT2D eigenvalue weighted by molar-refractivity contribution is -0.000292. The van der Waals surface area contributed by atoms with Gasteiger partial charge in [0.15, 0.2) is 6.29 Å². The summed E-state index contributed by atoms with van der Waals surface area (Å²) in [5.74, 6) is 0.680. The van der Waals surface area contributed by atoms with Crippen LogP contribution in [0.1, 0.15) is 40.2 Å². The van der Waals surface area contributed by atoms with Gasteiger partial charge in [0, 0.05) is 0 Å². The van der Waals surface area contributed by atoms with Crippen LogP contribution in [0.2, 0.25) is 0 Å². The maximum atomic E-state index is 9.15. The van der Waals surface area contributed by atoms with E-state index in [1.807, 2.05) is 24.3 Å². The van der Waals surface area contributed by atoms with Crippen molar-refractivity contribution in [2.75, 3.05) is 0 Å². The van der Waals surface area contributed by atoms with Crippen LogP contribution in [0.15, 0.2) is 41.5 Å². The van der Waals surface area contributed by atoms with E-state index in [9.17, 15) is 0 Å². The van der Waals surface area contributed by atoms with Gasteiger partial charge in [-0.3, -0.25) is 0 Å². The zero-order valence-electron chi connectivity index (χ0n) is 11.8. The zero-order valence-corrected chi connectivity index (χ0v) is 11.8. The number of hydrogen-bond donors (Lipinski definition) is 1. The number of allylic oxidation sites excluding steroid dienone is 4. The number of benzene rings is 1. The minimum absolute atomic E-state index is 0.680. The standard InChI is InChI=1S/C16H22O2/c1-11(2)10-16(12(3)4)14-6-8-15(9-7-14)18-13(5)17/h6-10,13,17H,1-5H3. The predicted octanol–water partition coefficient (Wildman–Crippen LogP) is 4.16. The van der Waals surface area contributed by atoms with Crippen molar-refractivity contribution in [3.8, 4) is 5.75 Å². The Morgan fingerprint density at radius 1 is 1.11 bits per heavy atom. The van der Waals surface area contributed by atoms with Gasteiger partial charge in [-0.25, -0.2) is 0 Å². The molecular formula is C16H22O2. The number of hydrogen-bond acceptors (Lipinski definition) is 2. The SMILES string of the molecule is CC(C)=CC(=C(C)C)c1ccc(OC(C)O)cc1. The van der Waals surface area contributed by atoms with Crippen molar-refractivity contribution in [1.29, 1.82) is 0 Å². The Kier molecular flexibility index (Phi) is 5.17. The molecule has 0 aliphatic carbocycles. The van der Waals surface area contributed by atoms with Crippen molar-refractivity contribution >= 4 is 5.57 Å². The first-order valence-electron chi connectivity index (χ1n) is 6.17. The maximum absolute atomic E-state index is 9.15. The van der Waals surface area contributed by atoms with E-state index in [0.29, 0.717) is 5.75 Å². The van der Waals surface area contributed by atoms with E-state index in [4.69, 9.17) is 9.84 Å². The van der Waals surface area contributed by atoms with Gasteiger partial charge in [0.2, 0.25) is 0 Å². The molecule has 1 rings (SSSR count). The molecular weight excluding hydrogens is 224 g/mol. The average molecular weight is 246 g/mol. The fraction of sp³-hybridized carbons (Fsp3) is 0.375. The summed E-state index contributed by atoms with van der Waals surface area (Å²) in [5, 5.41) is 9.15. The van der Waals surface area contributed by atoms with Crippen molar-refractivity contribution in [3.63, 3.8) is 0 Å². The third-order valence-electron chi connectivity index (χ3n) is 2.44. The van der Waals surface area contributed by atoms with Gasteiger partial charge in [-0.1, -0.05) is 29.4 Å².